The number of phenols is 1. The summed E-state index contributed by atoms with van der Waals surface area (Å²) < 4.78 is 5.06. The SMILES string of the molecule is NC(Cc1ccc(O)cc1)C(=O)OCc1ccccc1[N+](=O)[O-]. The molecule has 3 N–H and O–H groups in total. The summed E-state index contributed by atoms with van der Waals surface area (Å²) >= 11 is 0. The molecule has 0 radical (unpaired) electrons. The van der Waals surface area contributed by atoms with Gasteiger partial charge in [0, 0.05) is 6.07 Å². The number of carbonyl (C=O) groups is 1. The zero-order chi connectivity index (χ0) is 16.8. The van der Waals surface area contributed by atoms with Gasteiger partial charge >= 0.3 is 5.97 Å². The molecule has 0 aromatic heterocycles. The first-order valence-corrected chi connectivity index (χ1v) is 6.90. The van der Waals surface area contributed by atoms with E-state index >= 15 is 0 Å². The van der Waals surface area contributed by atoms with Crippen molar-refractivity contribution < 1.29 is 19.6 Å². The molecule has 7 heteroatoms. The van der Waals surface area contributed by atoms with E-state index in [1.54, 1.807) is 24.3 Å². The van der Waals surface area contributed by atoms with Crippen LogP contribution < -0.4 is 5.73 Å². The second-order valence-corrected chi connectivity index (χ2v) is 4.97. The Kier molecular flexibility index (Phi) is 5.27. The molecular weight excluding hydrogens is 300 g/mol. The van der Waals surface area contributed by atoms with Gasteiger partial charge in [0.25, 0.3) is 5.69 Å². The lowest BCUT2D eigenvalue weighted by Gasteiger charge is -2.12. The number of nitro benzene ring substituents is 1. The number of esters is 1. The van der Waals surface area contributed by atoms with Crippen molar-refractivity contribution in [2.45, 2.75) is 19.1 Å². The lowest BCUT2D eigenvalue weighted by Crippen LogP contribution is -2.34. The molecule has 0 saturated heterocycles. The molecule has 2 aromatic rings. The summed E-state index contributed by atoms with van der Waals surface area (Å²) in [6.45, 7) is -0.209. The van der Waals surface area contributed by atoms with Crippen molar-refractivity contribution in [3.8, 4) is 5.75 Å². The topological polar surface area (TPSA) is 116 Å². The first-order valence-electron chi connectivity index (χ1n) is 6.90. The number of carbonyl (C=O) groups excluding carboxylic acids is 1. The molecule has 1 atom stereocenters. The van der Waals surface area contributed by atoms with Crippen LogP contribution in [0.3, 0.4) is 0 Å². The van der Waals surface area contributed by atoms with Crippen molar-refractivity contribution in [1.29, 1.82) is 0 Å². The van der Waals surface area contributed by atoms with Crippen molar-refractivity contribution in [3.05, 3.63) is 69.8 Å². The number of nitrogens with zero attached hydrogens (tertiary/aromatic N) is 1. The molecule has 0 fully saturated rings. The van der Waals surface area contributed by atoms with Crippen LogP contribution in [0.2, 0.25) is 0 Å². The number of hydrogen-bond donors (Lipinski definition) is 2. The van der Waals surface area contributed by atoms with Crippen molar-refractivity contribution in [1.82, 2.24) is 0 Å². The van der Waals surface area contributed by atoms with Gasteiger partial charge in [-0.3, -0.25) is 14.9 Å². The Morgan fingerprint density at radius 3 is 2.52 bits per heavy atom. The third-order valence-electron chi connectivity index (χ3n) is 3.25. The molecule has 7 nitrogen and oxygen atoms in total. The van der Waals surface area contributed by atoms with Gasteiger partial charge in [0.05, 0.1) is 10.5 Å². The van der Waals surface area contributed by atoms with Gasteiger partial charge < -0.3 is 15.6 Å². The number of aromatic hydroxyl groups is 1. The molecule has 23 heavy (non-hydrogen) atoms. The monoisotopic (exact) mass is 316 g/mol. The standard InChI is InChI=1S/C16H16N2O5/c17-14(9-11-5-7-13(19)8-6-11)16(20)23-10-12-3-1-2-4-15(12)18(21)22/h1-8,14,19H,9-10,17H2. The summed E-state index contributed by atoms with van der Waals surface area (Å²) in [7, 11) is 0. The van der Waals surface area contributed by atoms with Crippen LogP contribution in [0.15, 0.2) is 48.5 Å². The highest BCUT2D eigenvalue weighted by Crippen LogP contribution is 2.18. The van der Waals surface area contributed by atoms with E-state index < -0.39 is 16.9 Å². The van der Waals surface area contributed by atoms with Gasteiger partial charge in [0.1, 0.15) is 18.4 Å². The normalized spacial score (nSPS) is 11.7. The van der Waals surface area contributed by atoms with E-state index in [1.807, 2.05) is 0 Å². The molecule has 0 aliphatic heterocycles. The second-order valence-electron chi connectivity index (χ2n) is 4.97. The van der Waals surface area contributed by atoms with Gasteiger partial charge in [-0.2, -0.15) is 0 Å². The minimum absolute atomic E-state index is 0.104. The summed E-state index contributed by atoms with van der Waals surface area (Å²) in [6.07, 6.45) is 0.246. The molecule has 0 spiro atoms. The number of benzene rings is 2. The van der Waals surface area contributed by atoms with Crippen LogP contribution >= 0.6 is 0 Å². The molecular formula is C16H16N2O5. The summed E-state index contributed by atoms with van der Waals surface area (Å²) in [5.74, 6) is -0.516. The van der Waals surface area contributed by atoms with E-state index in [1.165, 1.54) is 24.3 Å². The Balaban J connectivity index is 1.94. The maximum atomic E-state index is 11.9. The molecule has 120 valence electrons. The van der Waals surface area contributed by atoms with Crippen LogP contribution in [0.1, 0.15) is 11.1 Å². The van der Waals surface area contributed by atoms with Crippen LogP contribution in [0.4, 0.5) is 5.69 Å². The molecule has 0 aliphatic rings. The second kappa shape index (κ2) is 7.37. The van der Waals surface area contributed by atoms with Crippen LogP contribution in [0.5, 0.6) is 5.75 Å². The Bertz CT molecular complexity index is 700. The molecule has 0 aliphatic carbocycles. The number of ether oxygens (including phenoxy) is 1. The van der Waals surface area contributed by atoms with E-state index in [2.05, 4.69) is 0 Å². The molecule has 0 amide bonds. The van der Waals surface area contributed by atoms with Crippen LogP contribution in [-0.4, -0.2) is 22.0 Å². The average molecular weight is 316 g/mol. The van der Waals surface area contributed by atoms with E-state index in [-0.39, 0.29) is 24.5 Å². The lowest BCUT2D eigenvalue weighted by atomic mass is 10.1. The third-order valence-corrected chi connectivity index (χ3v) is 3.25. The maximum absolute atomic E-state index is 11.9. The largest absolute Gasteiger partial charge is 0.508 e. The fourth-order valence-corrected chi connectivity index (χ4v) is 2.04. The first kappa shape index (κ1) is 16.4. The summed E-state index contributed by atoms with van der Waals surface area (Å²) in [4.78, 5) is 22.3. The van der Waals surface area contributed by atoms with Crippen molar-refractivity contribution >= 4 is 11.7 Å². The van der Waals surface area contributed by atoms with Gasteiger partial charge in [0.2, 0.25) is 0 Å². The maximum Gasteiger partial charge on any atom is 0.323 e. The highest BCUT2D eigenvalue weighted by Gasteiger charge is 2.18. The predicted octanol–water partition coefficient (Wildman–Crippen LogP) is 1.91. The molecule has 2 rings (SSSR count). The van der Waals surface area contributed by atoms with Gasteiger partial charge in [-0.05, 0) is 30.2 Å². The van der Waals surface area contributed by atoms with Crippen LogP contribution in [0, 0.1) is 10.1 Å². The van der Waals surface area contributed by atoms with Gasteiger partial charge in [-0.25, -0.2) is 0 Å². The number of para-hydroxylation sites is 1. The molecule has 0 bridgehead atoms. The Labute approximate surface area is 132 Å². The van der Waals surface area contributed by atoms with Gasteiger partial charge in [-0.15, -0.1) is 0 Å². The molecule has 2 aromatic carbocycles. The van der Waals surface area contributed by atoms with Crippen molar-refractivity contribution in [2.75, 3.05) is 0 Å². The van der Waals surface area contributed by atoms with E-state index in [9.17, 15) is 20.0 Å². The molecule has 1 unspecified atom stereocenters. The van der Waals surface area contributed by atoms with E-state index in [4.69, 9.17) is 10.5 Å². The van der Waals surface area contributed by atoms with Crippen LogP contribution in [0.25, 0.3) is 0 Å². The van der Waals surface area contributed by atoms with Crippen LogP contribution in [-0.2, 0) is 22.6 Å². The average Bonchev–Trinajstić information content (AvgIpc) is 2.54. The summed E-state index contributed by atoms with van der Waals surface area (Å²) in [6, 6.07) is 11.5. The smallest absolute Gasteiger partial charge is 0.323 e. The molecule has 0 saturated carbocycles. The molecule has 0 heterocycles. The van der Waals surface area contributed by atoms with Crippen molar-refractivity contribution in [2.24, 2.45) is 5.73 Å². The minimum atomic E-state index is -0.887. The first-order chi connectivity index (χ1) is 11.0. The van der Waals surface area contributed by atoms with Gasteiger partial charge in [0.15, 0.2) is 0 Å². The zero-order valence-corrected chi connectivity index (χ0v) is 12.2. The number of nitro groups is 1. The number of phenolic OH excluding ortho intramolecular Hbond substituents is 1. The fraction of sp³-hybridized carbons (Fsp3) is 0.188. The highest BCUT2D eigenvalue weighted by molar-refractivity contribution is 5.76. The van der Waals surface area contributed by atoms with E-state index in [0.29, 0.717) is 5.56 Å². The van der Waals surface area contributed by atoms with E-state index in [0.717, 1.165) is 5.56 Å². The Morgan fingerprint density at radius 2 is 1.87 bits per heavy atom. The lowest BCUT2D eigenvalue weighted by molar-refractivity contribution is -0.385. The predicted molar refractivity (Wildman–Crippen MR) is 82.7 cm³/mol. The summed E-state index contributed by atoms with van der Waals surface area (Å²) in [5.41, 5.74) is 6.76. The Hall–Kier alpha value is -2.93. The van der Waals surface area contributed by atoms with Gasteiger partial charge in [-0.1, -0.05) is 24.3 Å². The zero-order valence-electron chi connectivity index (χ0n) is 12.2. The van der Waals surface area contributed by atoms with Crippen molar-refractivity contribution in [3.63, 3.8) is 0 Å². The third kappa shape index (κ3) is 4.52. The quantitative estimate of drug-likeness (QED) is 0.478. The Morgan fingerprint density at radius 1 is 1.22 bits per heavy atom. The minimum Gasteiger partial charge on any atom is -0.508 e. The number of nitrogens with two attached hydrogens (primary N) is 1. The summed E-state index contributed by atoms with van der Waals surface area (Å²) in [5, 5.41) is 20.1. The number of rotatable bonds is 6. The number of hydrogen-bond acceptors (Lipinski definition) is 6. The fourth-order valence-electron chi connectivity index (χ4n) is 2.04. The highest BCUT2D eigenvalue weighted by atomic mass is 16.6.